The molecule has 0 aliphatic heterocycles. The van der Waals surface area contributed by atoms with Crippen LogP contribution in [0.1, 0.15) is 194 Å². The topological polar surface area (TPSA) is 95.9 Å². The number of amides is 1. The van der Waals surface area contributed by atoms with Gasteiger partial charge in [0.05, 0.1) is 25.2 Å². The normalized spacial score (nSPS) is 14.3. The van der Waals surface area contributed by atoms with Gasteiger partial charge in [-0.3, -0.25) is 9.59 Å². The minimum absolute atomic E-state index is 0.0217. The largest absolute Gasteiger partial charge is 0.462 e. The molecule has 1 amide bonds. The van der Waals surface area contributed by atoms with Crippen LogP contribution in [0.25, 0.3) is 0 Å². The van der Waals surface area contributed by atoms with E-state index in [-0.39, 0.29) is 24.9 Å². The number of esters is 1. The fraction of sp³-hybridized carbons (Fsp3) is 0.630. The fourth-order valence-electron chi connectivity index (χ4n) is 6.59. The second-order valence-corrected chi connectivity index (χ2v) is 15.8. The molecular weight excluding hydrogens is 743 g/mol. The van der Waals surface area contributed by atoms with Gasteiger partial charge in [0.15, 0.2) is 0 Å². The lowest BCUT2D eigenvalue weighted by atomic mass is 10.0. The van der Waals surface area contributed by atoms with Crippen LogP contribution in [-0.4, -0.2) is 46.9 Å². The lowest BCUT2D eigenvalue weighted by Gasteiger charge is -2.24. The van der Waals surface area contributed by atoms with Crippen LogP contribution in [0.5, 0.6) is 0 Å². The van der Waals surface area contributed by atoms with Crippen molar-refractivity contribution in [2.24, 2.45) is 0 Å². The maximum atomic E-state index is 13.2. The van der Waals surface area contributed by atoms with E-state index < -0.39 is 18.2 Å². The number of ether oxygens (including phenoxy) is 1. The van der Waals surface area contributed by atoms with Crippen molar-refractivity contribution in [2.45, 2.75) is 212 Å². The summed E-state index contributed by atoms with van der Waals surface area (Å²) in [4.78, 5) is 26.0. The highest BCUT2D eigenvalue weighted by Gasteiger charge is 2.24. The van der Waals surface area contributed by atoms with Gasteiger partial charge in [0.2, 0.25) is 5.91 Å². The molecule has 0 heterocycles. The number of hydrogen-bond donors (Lipinski definition) is 3. The Balaban J connectivity index is 4.77. The molecule has 0 saturated carbocycles. The Bertz CT molecular complexity index is 1250. The van der Waals surface area contributed by atoms with Crippen molar-refractivity contribution in [3.8, 4) is 0 Å². The van der Waals surface area contributed by atoms with Crippen molar-refractivity contribution in [3.63, 3.8) is 0 Å². The summed E-state index contributed by atoms with van der Waals surface area (Å²) in [6, 6.07) is -0.732. The van der Waals surface area contributed by atoms with Gasteiger partial charge in [0, 0.05) is 6.42 Å². The molecule has 60 heavy (non-hydrogen) atoms. The van der Waals surface area contributed by atoms with Gasteiger partial charge in [-0.15, -0.1) is 0 Å². The van der Waals surface area contributed by atoms with Gasteiger partial charge in [0.1, 0.15) is 6.10 Å². The van der Waals surface area contributed by atoms with Crippen LogP contribution in [0, 0.1) is 0 Å². The summed E-state index contributed by atoms with van der Waals surface area (Å²) in [6.45, 7) is 6.18. The highest BCUT2D eigenvalue weighted by atomic mass is 16.5. The molecule has 0 fully saturated rings. The molecule has 0 saturated heterocycles. The summed E-state index contributed by atoms with van der Waals surface area (Å²) in [5.41, 5.74) is 0. The van der Waals surface area contributed by atoms with Gasteiger partial charge in [-0.05, 0) is 83.5 Å². The van der Waals surface area contributed by atoms with Crippen LogP contribution < -0.4 is 5.32 Å². The average molecular weight is 832 g/mol. The number of carbonyl (C=O) groups is 2. The molecule has 6 nitrogen and oxygen atoms in total. The maximum Gasteiger partial charge on any atom is 0.306 e. The third-order valence-corrected chi connectivity index (χ3v) is 10.2. The highest BCUT2D eigenvalue weighted by Crippen LogP contribution is 2.16. The van der Waals surface area contributed by atoms with E-state index in [4.69, 9.17) is 4.74 Å². The molecule has 340 valence electrons. The zero-order valence-corrected chi connectivity index (χ0v) is 38.5. The number of rotatable bonds is 41. The molecule has 0 bridgehead atoms. The summed E-state index contributed by atoms with van der Waals surface area (Å²) >= 11 is 0. The van der Waals surface area contributed by atoms with Gasteiger partial charge in [-0.25, -0.2) is 0 Å². The molecule has 3 N–H and O–H groups in total. The third-order valence-electron chi connectivity index (χ3n) is 10.2. The van der Waals surface area contributed by atoms with Crippen molar-refractivity contribution in [2.75, 3.05) is 6.61 Å². The Morgan fingerprint density at radius 2 is 0.983 bits per heavy atom. The zero-order chi connectivity index (χ0) is 43.8. The number of unbranched alkanes of at least 4 members (excludes halogenated alkanes) is 14. The van der Waals surface area contributed by atoms with E-state index in [1.165, 1.54) is 51.4 Å². The molecule has 0 rings (SSSR count). The third kappa shape index (κ3) is 41.3. The van der Waals surface area contributed by atoms with E-state index in [1.54, 1.807) is 0 Å². The molecular formula is C54H89NO5. The summed E-state index contributed by atoms with van der Waals surface area (Å²) in [5, 5.41) is 23.7. The maximum absolute atomic E-state index is 13.2. The number of hydrogen-bond acceptors (Lipinski definition) is 5. The lowest BCUT2D eigenvalue weighted by molar-refractivity contribution is -0.151. The fourth-order valence-corrected chi connectivity index (χ4v) is 6.59. The summed E-state index contributed by atoms with van der Waals surface area (Å²) in [6.07, 6.45) is 62.9. The standard InChI is InChI=1S/C54H89NO5/c1-4-7-10-13-16-19-22-24-25-26-27-29-32-35-38-41-44-47-54(59)60-50(45-42-39-36-33-31-28-23-20-17-14-11-8-5-2)48-53(58)55-51(49-56)52(57)46-43-40-37-34-30-21-18-15-12-9-6-3/h7-8,10-11,14,16-17,19-20,23-25,27-29,31,35,38,50-52,56-57H,4-6,9,12-13,15,18,21-22,26,30,32-34,36-37,39-49H2,1-3H3,(H,55,58)/b10-7-,11-8+,17-14+,19-16-,23-20+,25-24-,29-27-,31-28-,38-35-. The van der Waals surface area contributed by atoms with Crippen LogP contribution in [0.4, 0.5) is 0 Å². The molecule has 0 aromatic heterocycles. The van der Waals surface area contributed by atoms with E-state index in [9.17, 15) is 19.8 Å². The summed E-state index contributed by atoms with van der Waals surface area (Å²) < 4.78 is 5.87. The lowest BCUT2D eigenvalue weighted by Crippen LogP contribution is -2.46. The molecule has 0 spiro atoms. The molecule has 0 radical (unpaired) electrons. The monoisotopic (exact) mass is 832 g/mol. The molecule has 0 aromatic rings. The molecule has 0 aliphatic rings. The summed E-state index contributed by atoms with van der Waals surface area (Å²) in [5.74, 6) is -0.595. The van der Waals surface area contributed by atoms with E-state index in [1.807, 2.05) is 30.4 Å². The van der Waals surface area contributed by atoms with E-state index in [0.29, 0.717) is 25.7 Å². The van der Waals surface area contributed by atoms with Crippen molar-refractivity contribution in [1.29, 1.82) is 0 Å². The Morgan fingerprint density at radius 1 is 0.517 bits per heavy atom. The Kier molecular flexibility index (Phi) is 43.9. The van der Waals surface area contributed by atoms with Gasteiger partial charge >= 0.3 is 5.97 Å². The van der Waals surface area contributed by atoms with Crippen molar-refractivity contribution in [3.05, 3.63) is 109 Å². The first-order valence-corrected chi connectivity index (χ1v) is 24.2. The number of aliphatic hydroxyl groups is 2. The quantitative estimate of drug-likeness (QED) is 0.0247. The molecule has 3 unspecified atom stereocenters. The Labute approximate surface area is 368 Å². The van der Waals surface area contributed by atoms with Gasteiger partial charge < -0.3 is 20.3 Å². The predicted molar refractivity (Wildman–Crippen MR) is 259 cm³/mol. The number of carbonyl (C=O) groups excluding carboxylic acids is 2. The van der Waals surface area contributed by atoms with Gasteiger partial charge in [-0.2, -0.15) is 0 Å². The van der Waals surface area contributed by atoms with Crippen LogP contribution in [0.2, 0.25) is 0 Å². The van der Waals surface area contributed by atoms with E-state index in [2.05, 4.69) is 105 Å². The van der Waals surface area contributed by atoms with Crippen molar-refractivity contribution in [1.82, 2.24) is 5.32 Å². The SMILES string of the molecule is CC/C=C\C/C=C\C/C=C\C/C=C\C/C=C\CCCC(=O)OC(CCCCC\C=C/C=C/C=C/C=C/CC)CC(=O)NC(CO)C(O)CCCCCCCCCCCCC. The first-order chi connectivity index (χ1) is 29.5. The predicted octanol–water partition coefficient (Wildman–Crippen LogP) is 14.3. The Morgan fingerprint density at radius 3 is 1.55 bits per heavy atom. The second-order valence-electron chi connectivity index (χ2n) is 15.8. The van der Waals surface area contributed by atoms with E-state index in [0.717, 1.165) is 89.9 Å². The zero-order valence-electron chi connectivity index (χ0n) is 38.5. The van der Waals surface area contributed by atoms with Gasteiger partial charge in [-0.1, -0.05) is 207 Å². The number of aliphatic hydroxyl groups excluding tert-OH is 2. The smallest absolute Gasteiger partial charge is 0.306 e. The van der Waals surface area contributed by atoms with Crippen LogP contribution in [0.15, 0.2) is 109 Å². The van der Waals surface area contributed by atoms with Crippen molar-refractivity contribution >= 4 is 11.9 Å². The second kappa shape index (κ2) is 46.6. The van der Waals surface area contributed by atoms with Crippen molar-refractivity contribution < 1.29 is 24.5 Å². The summed E-state index contributed by atoms with van der Waals surface area (Å²) in [7, 11) is 0. The average Bonchev–Trinajstić information content (AvgIpc) is 3.24. The first-order valence-electron chi connectivity index (χ1n) is 24.2. The minimum atomic E-state index is -0.814. The van der Waals surface area contributed by atoms with Crippen LogP contribution >= 0.6 is 0 Å². The molecule has 3 atom stereocenters. The minimum Gasteiger partial charge on any atom is -0.462 e. The van der Waals surface area contributed by atoms with Gasteiger partial charge in [0.25, 0.3) is 0 Å². The molecule has 0 aromatic carbocycles. The van der Waals surface area contributed by atoms with E-state index >= 15 is 0 Å². The van der Waals surface area contributed by atoms with Crippen LogP contribution in [0.3, 0.4) is 0 Å². The highest BCUT2D eigenvalue weighted by molar-refractivity contribution is 5.77. The molecule has 6 heteroatoms. The van der Waals surface area contributed by atoms with Crippen LogP contribution in [-0.2, 0) is 14.3 Å². The number of nitrogens with one attached hydrogen (secondary N) is 1. The number of allylic oxidation sites excluding steroid dienone is 18. The molecule has 0 aliphatic carbocycles. The first kappa shape index (κ1) is 56.5. The Hall–Kier alpha value is -3.48.